The number of hydrogen-bond acceptors (Lipinski definition) is 7. The average molecular weight is 519 g/mol. The van der Waals surface area contributed by atoms with Crippen LogP contribution in [0.1, 0.15) is 79.3 Å². The molecule has 1 amide bonds. The van der Waals surface area contributed by atoms with Crippen LogP contribution in [0.25, 0.3) is 0 Å². The zero-order valence-electron chi connectivity index (χ0n) is 22.5. The SMILES string of the molecule is COC[C@H]1C[C@](CC(C)C)(OC(=O)O)N(C(=O)c2ccc(C(C)(C)C)c(OC)c2)[C@H]1c1ncc(C)s1. The molecule has 0 bridgehead atoms. The second-order valence-electron chi connectivity index (χ2n) is 10.9. The van der Waals surface area contributed by atoms with Gasteiger partial charge in [0.25, 0.3) is 5.91 Å². The Bertz CT molecular complexity index is 1090. The van der Waals surface area contributed by atoms with E-state index in [2.05, 4.69) is 25.8 Å². The summed E-state index contributed by atoms with van der Waals surface area (Å²) < 4.78 is 16.8. The lowest BCUT2D eigenvalue weighted by Crippen LogP contribution is -2.52. The fourth-order valence-electron chi connectivity index (χ4n) is 5.28. The number of carbonyl (C=O) groups is 2. The number of nitrogens with zero attached hydrogens (tertiary/aromatic N) is 2. The number of thiazole rings is 1. The Labute approximate surface area is 217 Å². The molecule has 1 aromatic carbocycles. The van der Waals surface area contributed by atoms with Crippen LogP contribution < -0.4 is 4.74 Å². The molecule has 3 rings (SSSR count). The second-order valence-corrected chi connectivity index (χ2v) is 12.2. The molecule has 2 aromatic rings. The first kappa shape index (κ1) is 27.9. The van der Waals surface area contributed by atoms with Crippen molar-refractivity contribution in [2.24, 2.45) is 11.8 Å². The third-order valence-corrected chi connectivity index (χ3v) is 7.48. The van der Waals surface area contributed by atoms with Crippen molar-refractivity contribution in [1.29, 1.82) is 0 Å². The van der Waals surface area contributed by atoms with Crippen molar-refractivity contribution in [2.45, 2.75) is 71.6 Å². The number of methoxy groups -OCH3 is 2. The maximum absolute atomic E-state index is 14.3. The van der Waals surface area contributed by atoms with Crippen LogP contribution in [0.3, 0.4) is 0 Å². The Morgan fingerprint density at radius 1 is 1.28 bits per heavy atom. The smallest absolute Gasteiger partial charge is 0.496 e. The Morgan fingerprint density at radius 2 is 1.97 bits per heavy atom. The molecule has 198 valence electrons. The van der Waals surface area contributed by atoms with Crippen molar-refractivity contribution >= 4 is 23.4 Å². The van der Waals surface area contributed by atoms with Gasteiger partial charge in [-0.25, -0.2) is 9.78 Å². The summed E-state index contributed by atoms with van der Waals surface area (Å²) in [4.78, 5) is 33.5. The molecule has 1 fully saturated rings. The van der Waals surface area contributed by atoms with Gasteiger partial charge in [0.2, 0.25) is 0 Å². The van der Waals surface area contributed by atoms with Crippen LogP contribution in [-0.4, -0.2) is 53.6 Å². The van der Waals surface area contributed by atoms with E-state index in [1.807, 2.05) is 26.8 Å². The number of benzene rings is 1. The fraction of sp³-hybridized carbons (Fsp3) is 0.593. The van der Waals surface area contributed by atoms with E-state index in [1.165, 1.54) is 11.3 Å². The molecule has 1 aliphatic heterocycles. The minimum Gasteiger partial charge on any atom is -0.496 e. The first-order chi connectivity index (χ1) is 16.8. The van der Waals surface area contributed by atoms with Gasteiger partial charge in [0.1, 0.15) is 10.8 Å². The van der Waals surface area contributed by atoms with E-state index in [9.17, 15) is 14.7 Å². The number of aryl methyl sites for hydroxylation is 1. The molecule has 3 atom stereocenters. The molecule has 8 nitrogen and oxygen atoms in total. The van der Waals surface area contributed by atoms with E-state index >= 15 is 0 Å². The third kappa shape index (κ3) is 5.67. The Morgan fingerprint density at radius 3 is 2.47 bits per heavy atom. The summed E-state index contributed by atoms with van der Waals surface area (Å²) in [5, 5.41) is 10.5. The molecule has 1 saturated heterocycles. The van der Waals surface area contributed by atoms with Gasteiger partial charge in [-0.2, -0.15) is 0 Å². The normalized spacial score (nSPS) is 22.2. The van der Waals surface area contributed by atoms with Gasteiger partial charge in [-0.3, -0.25) is 9.69 Å². The fourth-order valence-corrected chi connectivity index (χ4v) is 6.24. The van der Waals surface area contributed by atoms with Crippen molar-refractivity contribution < 1.29 is 28.9 Å². The maximum atomic E-state index is 14.3. The van der Waals surface area contributed by atoms with E-state index in [-0.39, 0.29) is 23.2 Å². The first-order valence-corrected chi connectivity index (χ1v) is 13.0. The van der Waals surface area contributed by atoms with Crippen LogP contribution in [0.2, 0.25) is 0 Å². The van der Waals surface area contributed by atoms with Crippen LogP contribution >= 0.6 is 11.3 Å². The Balaban J connectivity index is 2.22. The van der Waals surface area contributed by atoms with Gasteiger partial charge in [0, 0.05) is 42.5 Å². The standard InChI is InChI=1S/C27H38N2O6S/c1-16(2)12-27(35-25(31)32)13-19(15-33-7)22(23-28-14-17(3)36-23)29(27)24(30)18-9-10-20(26(4,5)6)21(11-18)34-8/h9-11,14,16,19,22H,12-13,15H2,1-8H3,(H,31,32)/t19-,22-,27+/m1/s1. The molecule has 0 spiro atoms. The van der Waals surface area contributed by atoms with E-state index in [0.29, 0.717) is 30.8 Å². The van der Waals surface area contributed by atoms with Gasteiger partial charge >= 0.3 is 6.16 Å². The number of carbonyl (C=O) groups excluding carboxylic acids is 1. The summed E-state index contributed by atoms with van der Waals surface area (Å²) in [6, 6.07) is 4.92. The van der Waals surface area contributed by atoms with Gasteiger partial charge in [-0.1, -0.05) is 40.7 Å². The van der Waals surface area contributed by atoms with Crippen LogP contribution in [0.4, 0.5) is 4.79 Å². The summed E-state index contributed by atoms with van der Waals surface area (Å²) in [6.45, 7) is 12.5. The molecule has 1 N–H and O–H groups in total. The molecule has 0 unspecified atom stereocenters. The quantitative estimate of drug-likeness (QED) is 0.425. The Kier molecular flexibility index (Phi) is 8.35. The highest BCUT2D eigenvalue weighted by molar-refractivity contribution is 7.11. The number of carboxylic acid groups (broad SMARTS) is 1. The first-order valence-electron chi connectivity index (χ1n) is 12.2. The molecule has 0 radical (unpaired) electrons. The van der Waals surface area contributed by atoms with Crippen molar-refractivity contribution in [2.75, 3.05) is 20.8 Å². The van der Waals surface area contributed by atoms with Crippen LogP contribution in [0, 0.1) is 18.8 Å². The highest BCUT2D eigenvalue weighted by Crippen LogP contribution is 2.51. The largest absolute Gasteiger partial charge is 0.507 e. The minimum absolute atomic E-state index is 0.0671. The molecule has 9 heteroatoms. The third-order valence-electron chi connectivity index (χ3n) is 6.50. The Hall–Kier alpha value is -2.65. The van der Waals surface area contributed by atoms with Gasteiger partial charge in [0.05, 0.1) is 19.8 Å². The number of hydrogen-bond donors (Lipinski definition) is 1. The highest BCUT2D eigenvalue weighted by Gasteiger charge is 2.58. The lowest BCUT2D eigenvalue weighted by atomic mass is 9.85. The van der Waals surface area contributed by atoms with Crippen molar-refractivity contribution in [1.82, 2.24) is 9.88 Å². The predicted molar refractivity (Wildman–Crippen MR) is 139 cm³/mol. The van der Waals surface area contributed by atoms with Gasteiger partial charge in [0.15, 0.2) is 5.72 Å². The number of ether oxygens (including phenoxy) is 3. The molecular formula is C27H38N2O6S. The zero-order chi connectivity index (χ0) is 26.8. The highest BCUT2D eigenvalue weighted by atomic mass is 32.1. The van der Waals surface area contributed by atoms with E-state index in [0.717, 1.165) is 15.4 Å². The summed E-state index contributed by atoms with van der Waals surface area (Å²) in [6.07, 6.45) is 1.02. The van der Waals surface area contributed by atoms with E-state index < -0.39 is 17.9 Å². The van der Waals surface area contributed by atoms with Gasteiger partial charge in [-0.05, 0) is 36.0 Å². The monoisotopic (exact) mass is 518 g/mol. The molecule has 36 heavy (non-hydrogen) atoms. The zero-order valence-corrected chi connectivity index (χ0v) is 23.3. The topological polar surface area (TPSA) is 98.2 Å². The molecule has 1 aromatic heterocycles. The molecule has 1 aliphatic rings. The van der Waals surface area contributed by atoms with Crippen molar-refractivity contribution in [3.63, 3.8) is 0 Å². The minimum atomic E-state index is -1.42. The molecule has 0 saturated carbocycles. The molecule has 2 heterocycles. The van der Waals surface area contributed by atoms with E-state index in [4.69, 9.17) is 14.2 Å². The summed E-state index contributed by atoms with van der Waals surface area (Å²) in [7, 11) is 3.19. The van der Waals surface area contributed by atoms with Crippen LogP contribution in [-0.2, 0) is 14.9 Å². The second kappa shape index (κ2) is 10.8. The summed E-state index contributed by atoms with van der Waals surface area (Å²) in [5.74, 6) is 0.152. The van der Waals surface area contributed by atoms with Crippen LogP contribution in [0.5, 0.6) is 5.75 Å². The van der Waals surface area contributed by atoms with Crippen molar-refractivity contribution in [3.8, 4) is 5.75 Å². The molecule has 0 aliphatic carbocycles. The number of likely N-dealkylation sites (tertiary alicyclic amines) is 1. The van der Waals surface area contributed by atoms with Crippen molar-refractivity contribution in [3.05, 3.63) is 45.4 Å². The van der Waals surface area contributed by atoms with E-state index in [1.54, 1.807) is 37.4 Å². The summed E-state index contributed by atoms with van der Waals surface area (Å²) in [5.41, 5.74) is -0.167. The van der Waals surface area contributed by atoms with Gasteiger partial charge < -0.3 is 19.3 Å². The maximum Gasteiger partial charge on any atom is 0.507 e. The number of aromatic nitrogens is 1. The van der Waals surface area contributed by atoms with Gasteiger partial charge in [-0.15, -0.1) is 11.3 Å². The summed E-state index contributed by atoms with van der Waals surface area (Å²) >= 11 is 1.49. The lowest BCUT2D eigenvalue weighted by Gasteiger charge is -2.40. The average Bonchev–Trinajstić information content (AvgIpc) is 3.32. The lowest BCUT2D eigenvalue weighted by molar-refractivity contribution is -0.108. The van der Waals surface area contributed by atoms with Crippen LogP contribution in [0.15, 0.2) is 24.4 Å². The molecular weight excluding hydrogens is 480 g/mol. The number of amides is 1. The predicted octanol–water partition coefficient (Wildman–Crippen LogP) is 6.04. The number of rotatable bonds is 8.